The maximum absolute atomic E-state index is 11.7. The molecule has 0 aliphatic heterocycles. The lowest BCUT2D eigenvalue weighted by molar-refractivity contribution is 0.0938. The minimum atomic E-state index is -0.0423. The molecule has 16 heavy (non-hydrogen) atoms. The standard InChI is InChI=1S/C10H13Br2NO2S/c1-6(5-15-2)4-13-10(14)8-3-7(11)9(12)16-8/h3,6H,4-5H2,1-2H3,(H,13,14). The first kappa shape index (κ1) is 14.2. The third-order valence-corrected chi connectivity index (χ3v) is 5.19. The number of amides is 1. The average Bonchev–Trinajstić information content (AvgIpc) is 2.56. The summed E-state index contributed by atoms with van der Waals surface area (Å²) in [6.07, 6.45) is 0. The molecule has 1 aromatic rings. The number of carbonyl (C=O) groups is 1. The number of halogens is 2. The summed E-state index contributed by atoms with van der Waals surface area (Å²) in [6, 6.07) is 1.81. The highest BCUT2D eigenvalue weighted by atomic mass is 79.9. The van der Waals surface area contributed by atoms with Crippen molar-refractivity contribution < 1.29 is 9.53 Å². The van der Waals surface area contributed by atoms with E-state index in [-0.39, 0.29) is 5.91 Å². The zero-order valence-electron chi connectivity index (χ0n) is 9.05. The van der Waals surface area contributed by atoms with Gasteiger partial charge in [-0.25, -0.2) is 0 Å². The molecule has 0 aliphatic rings. The Kier molecular flexibility index (Phi) is 5.96. The molecule has 1 atom stereocenters. The Morgan fingerprint density at radius 3 is 2.81 bits per heavy atom. The third kappa shape index (κ3) is 4.16. The van der Waals surface area contributed by atoms with Crippen LogP contribution < -0.4 is 5.32 Å². The first-order valence-electron chi connectivity index (χ1n) is 4.76. The maximum Gasteiger partial charge on any atom is 0.261 e. The van der Waals surface area contributed by atoms with Crippen molar-refractivity contribution in [3.05, 3.63) is 19.2 Å². The van der Waals surface area contributed by atoms with Gasteiger partial charge in [0.05, 0.1) is 15.3 Å². The minimum absolute atomic E-state index is 0.0423. The Bertz CT molecular complexity index is 348. The van der Waals surface area contributed by atoms with Crippen molar-refractivity contribution in [2.75, 3.05) is 20.3 Å². The van der Waals surface area contributed by atoms with Gasteiger partial charge in [-0.2, -0.15) is 0 Å². The van der Waals surface area contributed by atoms with E-state index in [2.05, 4.69) is 37.2 Å². The van der Waals surface area contributed by atoms with Crippen LogP contribution in [0.4, 0.5) is 0 Å². The Hall–Kier alpha value is 0.0900. The van der Waals surface area contributed by atoms with Crippen molar-refractivity contribution in [2.24, 2.45) is 5.92 Å². The molecular formula is C10H13Br2NO2S. The number of hydrogen-bond donors (Lipinski definition) is 1. The molecule has 6 heteroatoms. The number of methoxy groups -OCH3 is 1. The van der Waals surface area contributed by atoms with Crippen LogP contribution >= 0.6 is 43.2 Å². The third-order valence-electron chi connectivity index (χ3n) is 1.93. The van der Waals surface area contributed by atoms with Gasteiger partial charge in [0.2, 0.25) is 0 Å². The van der Waals surface area contributed by atoms with Crippen molar-refractivity contribution in [1.82, 2.24) is 5.32 Å². The topological polar surface area (TPSA) is 38.3 Å². The van der Waals surface area contributed by atoms with E-state index in [1.807, 2.05) is 13.0 Å². The van der Waals surface area contributed by atoms with Gasteiger partial charge < -0.3 is 10.1 Å². The number of ether oxygens (including phenoxy) is 1. The van der Waals surface area contributed by atoms with E-state index in [1.54, 1.807) is 7.11 Å². The second kappa shape index (κ2) is 6.74. The molecule has 0 bridgehead atoms. The zero-order chi connectivity index (χ0) is 12.1. The lowest BCUT2D eigenvalue weighted by Gasteiger charge is -2.10. The molecule has 0 radical (unpaired) electrons. The van der Waals surface area contributed by atoms with Gasteiger partial charge in [-0.15, -0.1) is 11.3 Å². The average molecular weight is 371 g/mol. The van der Waals surface area contributed by atoms with Crippen molar-refractivity contribution >= 4 is 49.1 Å². The van der Waals surface area contributed by atoms with E-state index < -0.39 is 0 Å². The van der Waals surface area contributed by atoms with Gasteiger partial charge in [-0.1, -0.05) is 6.92 Å². The molecular weight excluding hydrogens is 358 g/mol. The zero-order valence-corrected chi connectivity index (χ0v) is 13.0. The van der Waals surface area contributed by atoms with E-state index in [1.165, 1.54) is 11.3 Å². The molecule has 1 unspecified atom stereocenters. The molecule has 1 heterocycles. The second-order valence-corrected chi connectivity index (χ2v) is 6.73. The quantitative estimate of drug-likeness (QED) is 0.863. The Morgan fingerprint density at radius 2 is 2.31 bits per heavy atom. The Balaban J connectivity index is 2.46. The van der Waals surface area contributed by atoms with Crippen molar-refractivity contribution in [1.29, 1.82) is 0 Å². The monoisotopic (exact) mass is 369 g/mol. The summed E-state index contributed by atoms with van der Waals surface area (Å²) in [6.45, 7) is 3.31. The van der Waals surface area contributed by atoms with Gasteiger partial charge in [-0.05, 0) is 43.8 Å². The number of thiophene rings is 1. The van der Waals surface area contributed by atoms with Gasteiger partial charge in [0.15, 0.2) is 0 Å². The van der Waals surface area contributed by atoms with Crippen LogP contribution in [0, 0.1) is 5.92 Å². The van der Waals surface area contributed by atoms with Crippen LogP contribution in [-0.4, -0.2) is 26.2 Å². The summed E-state index contributed by atoms with van der Waals surface area (Å²) in [5, 5.41) is 2.87. The molecule has 1 rings (SSSR count). The van der Waals surface area contributed by atoms with E-state index in [0.29, 0.717) is 23.9 Å². The van der Waals surface area contributed by atoms with Crippen molar-refractivity contribution in [2.45, 2.75) is 6.92 Å². The lowest BCUT2D eigenvalue weighted by atomic mass is 10.2. The van der Waals surface area contributed by atoms with Crippen LogP contribution in [0.2, 0.25) is 0 Å². The summed E-state index contributed by atoms with van der Waals surface area (Å²) in [7, 11) is 1.66. The first-order chi connectivity index (χ1) is 7.54. The van der Waals surface area contributed by atoms with Crippen LogP contribution in [0.15, 0.2) is 14.3 Å². The molecule has 0 aliphatic carbocycles. The van der Waals surface area contributed by atoms with Crippen LogP contribution in [-0.2, 0) is 4.74 Å². The first-order valence-corrected chi connectivity index (χ1v) is 7.16. The predicted molar refractivity (Wildman–Crippen MR) is 73.1 cm³/mol. The van der Waals surface area contributed by atoms with Crippen LogP contribution in [0.25, 0.3) is 0 Å². The molecule has 90 valence electrons. The second-order valence-electron chi connectivity index (χ2n) is 3.50. The largest absolute Gasteiger partial charge is 0.384 e. The highest BCUT2D eigenvalue weighted by Crippen LogP contribution is 2.32. The van der Waals surface area contributed by atoms with Crippen LogP contribution in [0.1, 0.15) is 16.6 Å². The summed E-state index contributed by atoms with van der Waals surface area (Å²) < 4.78 is 6.84. The van der Waals surface area contributed by atoms with Gasteiger partial charge in [0.25, 0.3) is 5.91 Å². The number of carbonyl (C=O) groups excluding carboxylic acids is 1. The fourth-order valence-electron chi connectivity index (χ4n) is 1.16. The molecule has 0 aromatic carbocycles. The molecule has 3 nitrogen and oxygen atoms in total. The lowest BCUT2D eigenvalue weighted by Crippen LogP contribution is -2.29. The molecule has 0 spiro atoms. The maximum atomic E-state index is 11.7. The summed E-state index contributed by atoms with van der Waals surface area (Å²) in [5.74, 6) is 0.278. The molecule has 1 N–H and O–H groups in total. The highest BCUT2D eigenvalue weighted by molar-refractivity contribution is 9.13. The number of nitrogens with one attached hydrogen (secondary N) is 1. The molecule has 1 amide bonds. The van der Waals surface area contributed by atoms with Gasteiger partial charge in [-0.3, -0.25) is 4.79 Å². The number of hydrogen-bond acceptors (Lipinski definition) is 3. The van der Waals surface area contributed by atoms with E-state index in [0.717, 1.165) is 8.26 Å². The van der Waals surface area contributed by atoms with Gasteiger partial charge in [0, 0.05) is 18.1 Å². The smallest absolute Gasteiger partial charge is 0.261 e. The Labute approximate surface area is 116 Å². The minimum Gasteiger partial charge on any atom is -0.384 e. The molecule has 1 aromatic heterocycles. The fourth-order valence-corrected chi connectivity index (χ4v) is 3.11. The summed E-state index contributed by atoms with van der Waals surface area (Å²) in [5.41, 5.74) is 0. The van der Waals surface area contributed by atoms with Crippen LogP contribution in [0.5, 0.6) is 0 Å². The van der Waals surface area contributed by atoms with Crippen molar-refractivity contribution in [3.8, 4) is 0 Å². The summed E-state index contributed by atoms with van der Waals surface area (Å²) >= 11 is 8.13. The normalized spacial score (nSPS) is 12.5. The highest BCUT2D eigenvalue weighted by Gasteiger charge is 2.12. The van der Waals surface area contributed by atoms with Crippen molar-refractivity contribution in [3.63, 3.8) is 0 Å². The Morgan fingerprint density at radius 1 is 1.62 bits per heavy atom. The summed E-state index contributed by atoms with van der Waals surface area (Å²) in [4.78, 5) is 12.4. The van der Waals surface area contributed by atoms with Gasteiger partial charge >= 0.3 is 0 Å². The molecule has 0 saturated heterocycles. The van der Waals surface area contributed by atoms with E-state index >= 15 is 0 Å². The van der Waals surface area contributed by atoms with Crippen LogP contribution in [0.3, 0.4) is 0 Å². The van der Waals surface area contributed by atoms with E-state index in [9.17, 15) is 4.79 Å². The van der Waals surface area contributed by atoms with E-state index in [4.69, 9.17) is 4.74 Å². The predicted octanol–water partition coefficient (Wildman–Crippen LogP) is 3.29. The fraction of sp³-hybridized carbons (Fsp3) is 0.500. The molecule has 0 fully saturated rings. The van der Waals surface area contributed by atoms with Gasteiger partial charge in [0.1, 0.15) is 0 Å². The number of rotatable bonds is 5. The molecule has 0 saturated carbocycles. The SMILES string of the molecule is COCC(C)CNC(=O)c1cc(Br)c(Br)s1.